The van der Waals surface area contributed by atoms with Crippen molar-refractivity contribution in [3.63, 3.8) is 0 Å². The lowest BCUT2D eigenvalue weighted by Crippen LogP contribution is -2.40. The molecule has 1 fully saturated rings. The molecule has 0 spiro atoms. The monoisotopic (exact) mass is 375 g/mol. The first-order valence-electron chi connectivity index (χ1n) is 8.12. The van der Waals surface area contributed by atoms with Gasteiger partial charge in [0, 0.05) is 44.1 Å². The number of methoxy groups -OCH3 is 1. The van der Waals surface area contributed by atoms with Gasteiger partial charge in [-0.25, -0.2) is 4.98 Å². The third-order valence-corrected chi connectivity index (χ3v) is 6.10. The van der Waals surface area contributed by atoms with E-state index in [1.807, 2.05) is 4.90 Å². The van der Waals surface area contributed by atoms with E-state index >= 15 is 0 Å². The standard InChI is InChI=1S/C16H18FN7OS/c1-9-12(17)13(25-2)23-15(22-9)24-7-10-5-21-14(18)26-16(10,8-24)11-6-19-3-4-20-11/h3-4,6,10H,5,7-8H2,1-2H3,(H2,18,21). The number of fused-ring (bicyclic) bond motifs is 1. The average molecular weight is 375 g/mol. The SMILES string of the molecule is COc1nc(N2CC3CN=C(N)SC3(c3cnccn3)C2)nc(C)c1F. The highest BCUT2D eigenvalue weighted by molar-refractivity contribution is 8.14. The van der Waals surface area contributed by atoms with Crippen molar-refractivity contribution < 1.29 is 9.13 Å². The molecule has 2 unspecified atom stereocenters. The quantitative estimate of drug-likeness (QED) is 0.851. The van der Waals surface area contributed by atoms with E-state index in [-0.39, 0.29) is 22.2 Å². The number of aromatic nitrogens is 4. The molecule has 0 amide bonds. The van der Waals surface area contributed by atoms with Crippen molar-refractivity contribution >= 4 is 22.9 Å². The third-order valence-electron chi connectivity index (χ3n) is 4.73. The molecular formula is C16H18FN7OS. The van der Waals surface area contributed by atoms with Gasteiger partial charge in [0.25, 0.3) is 5.88 Å². The van der Waals surface area contributed by atoms with Crippen molar-refractivity contribution in [2.24, 2.45) is 16.6 Å². The van der Waals surface area contributed by atoms with Gasteiger partial charge in [-0.15, -0.1) is 0 Å². The number of hydrogen-bond donors (Lipinski definition) is 1. The van der Waals surface area contributed by atoms with Crippen LogP contribution in [0, 0.1) is 18.7 Å². The first kappa shape index (κ1) is 17.0. The summed E-state index contributed by atoms with van der Waals surface area (Å²) in [4.78, 5) is 23.7. The number of amidine groups is 1. The molecule has 0 aliphatic carbocycles. The molecule has 10 heteroatoms. The molecule has 0 saturated carbocycles. The minimum atomic E-state index is -0.543. The number of aryl methyl sites for hydroxylation is 1. The molecule has 2 N–H and O–H groups in total. The zero-order valence-corrected chi connectivity index (χ0v) is 15.2. The van der Waals surface area contributed by atoms with Gasteiger partial charge in [-0.05, 0) is 6.92 Å². The lowest BCUT2D eigenvalue weighted by Gasteiger charge is -2.34. The van der Waals surface area contributed by atoms with Gasteiger partial charge in [-0.1, -0.05) is 11.8 Å². The Morgan fingerprint density at radius 2 is 2.23 bits per heavy atom. The first-order chi connectivity index (χ1) is 12.5. The molecule has 2 aromatic rings. The van der Waals surface area contributed by atoms with E-state index in [1.54, 1.807) is 25.5 Å². The molecule has 136 valence electrons. The van der Waals surface area contributed by atoms with E-state index < -0.39 is 5.82 Å². The van der Waals surface area contributed by atoms with E-state index in [1.165, 1.54) is 18.9 Å². The highest BCUT2D eigenvalue weighted by Crippen LogP contribution is 2.50. The van der Waals surface area contributed by atoms with E-state index in [9.17, 15) is 4.39 Å². The van der Waals surface area contributed by atoms with Crippen LogP contribution < -0.4 is 15.4 Å². The van der Waals surface area contributed by atoms with Gasteiger partial charge in [0.1, 0.15) is 0 Å². The largest absolute Gasteiger partial charge is 0.479 e. The molecule has 4 rings (SSSR count). The van der Waals surface area contributed by atoms with E-state index in [4.69, 9.17) is 10.5 Å². The predicted molar refractivity (Wildman–Crippen MR) is 96.8 cm³/mol. The molecule has 1 saturated heterocycles. The van der Waals surface area contributed by atoms with Gasteiger partial charge in [0.15, 0.2) is 5.17 Å². The molecule has 2 aliphatic rings. The Labute approximate surface area is 154 Å². The molecule has 2 aromatic heterocycles. The maximum atomic E-state index is 14.0. The number of halogens is 1. The van der Waals surface area contributed by atoms with Gasteiger partial charge < -0.3 is 15.4 Å². The number of ether oxygens (including phenoxy) is 1. The molecule has 4 heterocycles. The number of nitrogens with two attached hydrogens (primary N) is 1. The summed E-state index contributed by atoms with van der Waals surface area (Å²) < 4.78 is 18.7. The number of nitrogens with zero attached hydrogens (tertiary/aromatic N) is 6. The number of anilines is 1. The summed E-state index contributed by atoms with van der Waals surface area (Å²) in [7, 11) is 1.39. The van der Waals surface area contributed by atoms with Gasteiger partial charge in [0.2, 0.25) is 11.8 Å². The summed E-state index contributed by atoms with van der Waals surface area (Å²) in [6, 6.07) is 0. The van der Waals surface area contributed by atoms with Crippen molar-refractivity contribution in [1.29, 1.82) is 0 Å². The smallest absolute Gasteiger partial charge is 0.255 e. The molecule has 0 bridgehead atoms. The van der Waals surface area contributed by atoms with Crippen LogP contribution in [-0.2, 0) is 4.75 Å². The van der Waals surface area contributed by atoms with Crippen LogP contribution in [0.5, 0.6) is 5.88 Å². The van der Waals surface area contributed by atoms with Crippen LogP contribution in [0.3, 0.4) is 0 Å². The van der Waals surface area contributed by atoms with Crippen LogP contribution in [0.25, 0.3) is 0 Å². The molecule has 2 aliphatic heterocycles. The Hall–Kier alpha value is -2.49. The number of aliphatic imine (C=N–C) groups is 1. The van der Waals surface area contributed by atoms with Crippen LogP contribution in [0.2, 0.25) is 0 Å². The molecule has 0 radical (unpaired) electrons. The fourth-order valence-electron chi connectivity index (χ4n) is 3.44. The first-order valence-corrected chi connectivity index (χ1v) is 8.93. The van der Waals surface area contributed by atoms with Crippen LogP contribution in [0.1, 0.15) is 11.4 Å². The normalized spacial score (nSPS) is 25.0. The van der Waals surface area contributed by atoms with Crippen molar-refractivity contribution in [3.8, 4) is 5.88 Å². The average Bonchev–Trinajstić information content (AvgIpc) is 3.04. The fraction of sp³-hybridized carbons (Fsp3) is 0.438. The Kier molecular flexibility index (Phi) is 4.14. The van der Waals surface area contributed by atoms with E-state index in [2.05, 4.69) is 24.9 Å². The number of hydrogen-bond acceptors (Lipinski definition) is 9. The zero-order chi connectivity index (χ0) is 18.3. The summed E-state index contributed by atoms with van der Waals surface area (Å²) in [6.45, 7) is 3.42. The zero-order valence-electron chi connectivity index (χ0n) is 14.4. The summed E-state index contributed by atoms with van der Waals surface area (Å²) in [5.41, 5.74) is 7.13. The van der Waals surface area contributed by atoms with Gasteiger partial charge in [0.05, 0.1) is 23.2 Å². The van der Waals surface area contributed by atoms with Crippen LogP contribution in [0.15, 0.2) is 23.6 Å². The number of rotatable bonds is 3. The molecule has 2 atom stereocenters. The van der Waals surface area contributed by atoms with Crippen LogP contribution in [-0.4, -0.2) is 51.8 Å². The molecule has 0 aromatic carbocycles. The Morgan fingerprint density at radius 1 is 1.38 bits per heavy atom. The van der Waals surface area contributed by atoms with Crippen LogP contribution in [0.4, 0.5) is 10.3 Å². The van der Waals surface area contributed by atoms with E-state index in [0.717, 1.165) is 5.69 Å². The van der Waals surface area contributed by atoms with Crippen molar-refractivity contribution in [2.75, 3.05) is 31.6 Å². The van der Waals surface area contributed by atoms with Crippen molar-refractivity contribution in [2.45, 2.75) is 11.7 Å². The van der Waals surface area contributed by atoms with Gasteiger partial charge in [-0.2, -0.15) is 9.37 Å². The molecular weight excluding hydrogens is 357 g/mol. The topological polar surface area (TPSA) is 102 Å². The Morgan fingerprint density at radius 3 is 2.96 bits per heavy atom. The second-order valence-electron chi connectivity index (χ2n) is 6.27. The van der Waals surface area contributed by atoms with Crippen molar-refractivity contribution in [3.05, 3.63) is 35.8 Å². The highest BCUT2D eigenvalue weighted by atomic mass is 32.2. The summed E-state index contributed by atoms with van der Waals surface area (Å²) >= 11 is 1.50. The van der Waals surface area contributed by atoms with Gasteiger partial charge >= 0.3 is 0 Å². The third kappa shape index (κ3) is 2.64. The maximum absolute atomic E-state index is 14.0. The summed E-state index contributed by atoms with van der Waals surface area (Å²) in [5.74, 6) is -0.00756. The second-order valence-corrected chi connectivity index (χ2v) is 7.62. The Balaban J connectivity index is 1.74. The lowest BCUT2D eigenvalue weighted by molar-refractivity contribution is 0.365. The summed E-state index contributed by atoms with van der Waals surface area (Å²) in [5, 5.41) is 0.530. The lowest BCUT2D eigenvalue weighted by atomic mass is 9.91. The minimum Gasteiger partial charge on any atom is -0.479 e. The number of thioether (sulfide) groups is 1. The van der Waals surface area contributed by atoms with E-state index in [0.29, 0.717) is 30.8 Å². The maximum Gasteiger partial charge on any atom is 0.255 e. The predicted octanol–water partition coefficient (Wildman–Crippen LogP) is 1.12. The second kappa shape index (κ2) is 6.35. The van der Waals surface area contributed by atoms with Crippen molar-refractivity contribution in [1.82, 2.24) is 19.9 Å². The fourth-order valence-corrected chi connectivity index (χ4v) is 4.70. The molecule has 26 heavy (non-hydrogen) atoms. The summed E-state index contributed by atoms with van der Waals surface area (Å²) in [6.07, 6.45) is 5.08. The minimum absolute atomic E-state index is 0.0562. The Bertz CT molecular complexity index is 865. The molecule has 8 nitrogen and oxygen atoms in total. The van der Waals surface area contributed by atoms with Gasteiger partial charge in [-0.3, -0.25) is 15.0 Å². The van der Waals surface area contributed by atoms with Crippen LogP contribution >= 0.6 is 11.8 Å². The highest BCUT2D eigenvalue weighted by Gasteiger charge is 2.52.